The third-order valence-electron chi connectivity index (χ3n) is 3.28. The lowest BCUT2D eigenvalue weighted by atomic mass is 9.92. The van der Waals surface area contributed by atoms with Gasteiger partial charge < -0.3 is 10.6 Å². The zero-order chi connectivity index (χ0) is 12.3. The highest BCUT2D eigenvalue weighted by molar-refractivity contribution is 5.31. The second-order valence-electron chi connectivity index (χ2n) is 5.28. The summed E-state index contributed by atoms with van der Waals surface area (Å²) in [6.45, 7) is 7.39. The number of nitrogens with two attached hydrogens (primary N) is 1. The molecule has 2 heterocycles. The van der Waals surface area contributed by atoms with Gasteiger partial charge in [-0.15, -0.1) is 0 Å². The van der Waals surface area contributed by atoms with E-state index in [1.54, 1.807) is 0 Å². The van der Waals surface area contributed by atoms with Gasteiger partial charge in [-0.1, -0.05) is 13.8 Å². The number of nitrogens with zero attached hydrogens (tertiary/aromatic N) is 3. The molecule has 0 amide bonds. The van der Waals surface area contributed by atoms with E-state index >= 15 is 0 Å². The summed E-state index contributed by atoms with van der Waals surface area (Å²) < 4.78 is 0. The van der Waals surface area contributed by atoms with Crippen LogP contribution >= 0.6 is 0 Å². The fourth-order valence-electron chi connectivity index (χ4n) is 2.63. The van der Waals surface area contributed by atoms with E-state index in [4.69, 9.17) is 5.73 Å². The third-order valence-corrected chi connectivity index (χ3v) is 3.28. The fourth-order valence-corrected chi connectivity index (χ4v) is 2.63. The molecule has 4 heteroatoms. The second kappa shape index (κ2) is 5.45. The molecular weight excluding hydrogens is 212 g/mol. The monoisotopic (exact) mass is 234 g/mol. The van der Waals surface area contributed by atoms with Crippen molar-refractivity contribution in [3.05, 3.63) is 18.0 Å². The van der Waals surface area contributed by atoms with Crippen LogP contribution in [0.25, 0.3) is 0 Å². The molecule has 1 aliphatic rings. The van der Waals surface area contributed by atoms with Crippen LogP contribution in [0.1, 0.15) is 25.8 Å². The van der Waals surface area contributed by atoms with Crippen molar-refractivity contribution < 1.29 is 0 Å². The summed E-state index contributed by atoms with van der Waals surface area (Å²) in [5.41, 5.74) is 6.63. The molecule has 1 aromatic heterocycles. The van der Waals surface area contributed by atoms with Crippen LogP contribution in [-0.4, -0.2) is 29.6 Å². The van der Waals surface area contributed by atoms with Gasteiger partial charge in [0.05, 0.1) is 0 Å². The summed E-state index contributed by atoms with van der Waals surface area (Å²) >= 11 is 0. The molecule has 0 saturated carbocycles. The van der Waals surface area contributed by atoms with Crippen molar-refractivity contribution in [3.8, 4) is 0 Å². The molecule has 1 saturated heterocycles. The van der Waals surface area contributed by atoms with Crippen LogP contribution in [0.3, 0.4) is 0 Å². The molecule has 94 valence electrons. The number of aromatic nitrogens is 2. The quantitative estimate of drug-likeness (QED) is 0.860. The molecule has 0 aromatic carbocycles. The Morgan fingerprint density at radius 1 is 1.24 bits per heavy atom. The van der Waals surface area contributed by atoms with E-state index in [0.717, 1.165) is 42.9 Å². The van der Waals surface area contributed by atoms with Gasteiger partial charge in [0.25, 0.3) is 0 Å². The Balaban J connectivity index is 2.06. The maximum atomic E-state index is 5.51. The van der Waals surface area contributed by atoms with Crippen molar-refractivity contribution in [1.82, 2.24) is 9.97 Å². The first-order chi connectivity index (χ1) is 8.19. The SMILES string of the molecule is CC1CC(C)CN(c2ncc(CCN)cn2)C1. The van der Waals surface area contributed by atoms with Crippen LogP contribution in [-0.2, 0) is 6.42 Å². The molecule has 0 aliphatic carbocycles. The minimum atomic E-state index is 0.653. The Bertz CT molecular complexity index is 339. The van der Waals surface area contributed by atoms with Crippen molar-refractivity contribution in [1.29, 1.82) is 0 Å². The smallest absolute Gasteiger partial charge is 0.225 e. The highest BCUT2D eigenvalue weighted by atomic mass is 15.3. The maximum absolute atomic E-state index is 5.51. The number of anilines is 1. The van der Waals surface area contributed by atoms with Crippen LogP contribution in [0.4, 0.5) is 5.95 Å². The van der Waals surface area contributed by atoms with Crippen molar-refractivity contribution in [2.75, 3.05) is 24.5 Å². The zero-order valence-electron chi connectivity index (χ0n) is 10.8. The molecular formula is C13H22N4. The van der Waals surface area contributed by atoms with Gasteiger partial charge in [0, 0.05) is 25.5 Å². The van der Waals surface area contributed by atoms with E-state index in [1.165, 1.54) is 6.42 Å². The lowest BCUT2D eigenvalue weighted by Crippen LogP contribution is -2.39. The topological polar surface area (TPSA) is 55.0 Å². The summed E-state index contributed by atoms with van der Waals surface area (Å²) in [5.74, 6) is 2.32. The highest BCUT2D eigenvalue weighted by Gasteiger charge is 2.23. The summed E-state index contributed by atoms with van der Waals surface area (Å²) in [6, 6.07) is 0. The predicted molar refractivity (Wildman–Crippen MR) is 69.9 cm³/mol. The van der Waals surface area contributed by atoms with Gasteiger partial charge in [0.15, 0.2) is 0 Å². The molecule has 2 unspecified atom stereocenters. The predicted octanol–water partition coefficient (Wildman–Crippen LogP) is 1.46. The second-order valence-corrected chi connectivity index (χ2v) is 5.28. The minimum absolute atomic E-state index is 0.653. The molecule has 2 atom stereocenters. The molecule has 17 heavy (non-hydrogen) atoms. The molecule has 0 bridgehead atoms. The lowest BCUT2D eigenvalue weighted by molar-refractivity contribution is 0.353. The van der Waals surface area contributed by atoms with Crippen molar-refractivity contribution in [3.63, 3.8) is 0 Å². The maximum Gasteiger partial charge on any atom is 0.225 e. The summed E-state index contributed by atoms with van der Waals surface area (Å²) in [6.07, 6.45) is 5.97. The number of piperidine rings is 1. The van der Waals surface area contributed by atoms with Crippen LogP contribution in [0.15, 0.2) is 12.4 Å². The number of hydrogen-bond acceptors (Lipinski definition) is 4. The Labute approximate surface area is 103 Å². The van der Waals surface area contributed by atoms with Gasteiger partial charge in [-0.3, -0.25) is 0 Å². The fraction of sp³-hybridized carbons (Fsp3) is 0.692. The number of rotatable bonds is 3. The molecule has 1 aromatic rings. The molecule has 0 radical (unpaired) electrons. The van der Waals surface area contributed by atoms with E-state index in [1.807, 2.05) is 12.4 Å². The van der Waals surface area contributed by atoms with Crippen LogP contribution in [0.2, 0.25) is 0 Å². The van der Waals surface area contributed by atoms with E-state index in [2.05, 4.69) is 28.7 Å². The molecule has 1 fully saturated rings. The van der Waals surface area contributed by atoms with Crippen LogP contribution in [0, 0.1) is 11.8 Å². The van der Waals surface area contributed by atoms with Crippen molar-refractivity contribution >= 4 is 5.95 Å². The highest BCUT2D eigenvalue weighted by Crippen LogP contribution is 2.23. The van der Waals surface area contributed by atoms with Gasteiger partial charge in [-0.05, 0) is 36.8 Å². The molecule has 0 spiro atoms. The Morgan fingerprint density at radius 3 is 2.35 bits per heavy atom. The summed E-state index contributed by atoms with van der Waals surface area (Å²) in [7, 11) is 0. The van der Waals surface area contributed by atoms with Gasteiger partial charge in [0.1, 0.15) is 0 Å². The summed E-state index contributed by atoms with van der Waals surface area (Å²) in [4.78, 5) is 11.2. The summed E-state index contributed by atoms with van der Waals surface area (Å²) in [5, 5.41) is 0. The zero-order valence-corrected chi connectivity index (χ0v) is 10.8. The Hall–Kier alpha value is -1.16. The average molecular weight is 234 g/mol. The Kier molecular flexibility index (Phi) is 3.94. The van der Waals surface area contributed by atoms with E-state index in [0.29, 0.717) is 6.54 Å². The minimum Gasteiger partial charge on any atom is -0.340 e. The van der Waals surface area contributed by atoms with E-state index < -0.39 is 0 Å². The van der Waals surface area contributed by atoms with Crippen molar-refractivity contribution in [2.45, 2.75) is 26.7 Å². The van der Waals surface area contributed by atoms with Crippen molar-refractivity contribution in [2.24, 2.45) is 17.6 Å². The number of hydrogen-bond donors (Lipinski definition) is 1. The third kappa shape index (κ3) is 3.16. The average Bonchev–Trinajstić information content (AvgIpc) is 2.29. The van der Waals surface area contributed by atoms with Gasteiger partial charge >= 0.3 is 0 Å². The van der Waals surface area contributed by atoms with E-state index in [9.17, 15) is 0 Å². The lowest BCUT2D eigenvalue weighted by Gasteiger charge is -2.34. The van der Waals surface area contributed by atoms with Gasteiger partial charge in [-0.2, -0.15) is 0 Å². The Morgan fingerprint density at radius 2 is 1.82 bits per heavy atom. The van der Waals surface area contributed by atoms with Crippen LogP contribution < -0.4 is 10.6 Å². The normalized spacial score (nSPS) is 25.0. The molecule has 4 nitrogen and oxygen atoms in total. The first-order valence-electron chi connectivity index (χ1n) is 6.45. The first kappa shape index (κ1) is 12.3. The standard InChI is InChI=1S/C13H22N4/c1-10-5-11(2)9-17(8-10)13-15-6-12(3-4-14)7-16-13/h6-7,10-11H,3-5,8-9,14H2,1-2H3. The molecule has 1 aliphatic heterocycles. The first-order valence-corrected chi connectivity index (χ1v) is 6.45. The van der Waals surface area contributed by atoms with Crippen LogP contribution in [0.5, 0.6) is 0 Å². The largest absolute Gasteiger partial charge is 0.340 e. The molecule has 2 rings (SSSR count). The van der Waals surface area contributed by atoms with Gasteiger partial charge in [0.2, 0.25) is 5.95 Å². The van der Waals surface area contributed by atoms with Gasteiger partial charge in [-0.25, -0.2) is 9.97 Å². The molecule has 2 N–H and O–H groups in total. The van der Waals surface area contributed by atoms with E-state index in [-0.39, 0.29) is 0 Å².